The molecule has 0 aromatic rings. The van der Waals surface area contributed by atoms with E-state index in [9.17, 15) is 19.5 Å². The first-order valence-corrected chi connectivity index (χ1v) is 33.9. The highest BCUT2D eigenvalue weighted by Gasteiger charge is 2.22. The number of ether oxygens (including phenoxy) is 4. The summed E-state index contributed by atoms with van der Waals surface area (Å²) >= 11 is 0. The maximum atomic E-state index is 12.9. The van der Waals surface area contributed by atoms with E-state index in [4.69, 9.17) is 18.9 Å². The van der Waals surface area contributed by atoms with Crippen molar-refractivity contribution in [2.75, 3.05) is 47.5 Å². The quantitative estimate of drug-likeness (QED) is 0.0195. The molecule has 0 aliphatic rings. The lowest BCUT2D eigenvalue weighted by Gasteiger charge is -2.26. The zero-order valence-electron chi connectivity index (χ0n) is 53.8. The van der Waals surface area contributed by atoms with E-state index in [0.29, 0.717) is 23.9 Å². The highest BCUT2D eigenvalue weighted by Crippen LogP contribution is 2.17. The fourth-order valence-electron chi connectivity index (χ4n) is 9.44. The van der Waals surface area contributed by atoms with Gasteiger partial charge in [-0.15, -0.1) is 0 Å². The van der Waals surface area contributed by atoms with Gasteiger partial charge in [-0.25, -0.2) is 0 Å². The third-order valence-electron chi connectivity index (χ3n) is 14.6. The SMILES string of the molecule is CC/C=C\C/C=C\C/C=C\C/C=C\C/C=C\C/C=C\C/C=C\C/C=C\CCCCCCCCCCCCCCCCC(=O)OC(COC(=O)CCCCCCCCCCCCCCCCCCCC)COC(OCC[N+](C)(C)C)C(=O)[O-]. The Balaban J connectivity index is 4.08. The topological polar surface area (TPSA) is 111 Å². The van der Waals surface area contributed by atoms with Gasteiger partial charge in [0.1, 0.15) is 13.2 Å². The van der Waals surface area contributed by atoms with Crippen molar-refractivity contribution in [2.24, 2.45) is 0 Å². The second kappa shape index (κ2) is 63.2. The number of allylic oxidation sites excluding steroid dienone is 16. The molecule has 0 rings (SSSR count). The minimum Gasteiger partial charge on any atom is -0.545 e. The predicted octanol–water partition coefficient (Wildman–Crippen LogP) is 19.5. The normalized spacial score (nSPS) is 13.3. The van der Waals surface area contributed by atoms with Crippen molar-refractivity contribution >= 4 is 17.9 Å². The molecule has 0 aliphatic heterocycles. The van der Waals surface area contributed by atoms with Gasteiger partial charge < -0.3 is 33.3 Å². The molecule has 0 amide bonds. The number of aliphatic carboxylic acids is 1. The fraction of sp³-hybridized carbons (Fsp3) is 0.740. The molecule has 9 nitrogen and oxygen atoms in total. The minimum absolute atomic E-state index is 0.147. The standard InChI is InChI=1S/C73H127NO8/c1-6-8-10-12-14-16-18-20-22-24-26-27-28-29-30-31-32-33-34-35-36-37-38-39-40-41-42-43-44-45-46-48-50-52-54-56-58-60-62-64-71(76)82-69(68-81-73(72(77)78)79-66-65-74(3,4)5)67-80-70(75)63-61-59-57-55-53-51-49-47-25-23-21-19-17-15-13-11-9-7-2/h8,10,14,16,20,22,26-27,29-30,32-33,35-36,38-39,69,73H,6-7,9,11-13,15,17-19,21,23-25,28,31,34,37,40-68H2,1-5H3/b10-8-,16-14-,22-20-,27-26-,30-29-,33-32-,36-35-,39-38-. The van der Waals surface area contributed by atoms with Crippen LogP contribution in [0.2, 0.25) is 0 Å². The van der Waals surface area contributed by atoms with Crippen molar-refractivity contribution in [3.05, 3.63) is 97.2 Å². The summed E-state index contributed by atoms with van der Waals surface area (Å²) in [5, 5.41) is 11.8. The number of carboxylic acid groups (broad SMARTS) is 1. The number of unbranched alkanes of at least 4 members (excludes halogenated alkanes) is 31. The monoisotopic (exact) mass is 1150 g/mol. The molecule has 82 heavy (non-hydrogen) atoms. The molecule has 0 saturated carbocycles. The molecule has 0 N–H and O–H groups in total. The van der Waals surface area contributed by atoms with Gasteiger partial charge in [-0.3, -0.25) is 9.59 Å². The largest absolute Gasteiger partial charge is 0.545 e. The van der Waals surface area contributed by atoms with Crippen LogP contribution in [0, 0.1) is 0 Å². The van der Waals surface area contributed by atoms with E-state index in [1.807, 2.05) is 21.1 Å². The lowest BCUT2D eigenvalue weighted by molar-refractivity contribution is -0.870. The first-order valence-electron chi connectivity index (χ1n) is 33.9. The van der Waals surface area contributed by atoms with E-state index in [-0.39, 0.29) is 32.2 Å². The van der Waals surface area contributed by atoms with Gasteiger partial charge in [-0.05, 0) is 77.0 Å². The molecule has 0 aliphatic carbocycles. The number of quaternary nitrogens is 1. The Morgan fingerprint density at radius 3 is 1.04 bits per heavy atom. The van der Waals surface area contributed by atoms with Gasteiger partial charge >= 0.3 is 11.9 Å². The van der Waals surface area contributed by atoms with Crippen molar-refractivity contribution in [1.82, 2.24) is 0 Å². The predicted molar refractivity (Wildman–Crippen MR) is 347 cm³/mol. The molecule has 9 heteroatoms. The Kier molecular flexibility index (Phi) is 60.3. The molecular weight excluding hydrogens is 1020 g/mol. The molecule has 0 aromatic heterocycles. The van der Waals surface area contributed by atoms with E-state index < -0.39 is 24.3 Å². The molecule has 472 valence electrons. The van der Waals surface area contributed by atoms with Gasteiger partial charge in [0, 0.05) is 12.8 Å². The van der Waals surface area contributed by atoms with Gasteiger partial charge in [-0.1, -0.05) is 297 Å². The third-order valence-corrected chi connectivity index (χ3v) is 14.6. The molecule has 0 heterocycles. The number of nitrogens with zero attached hydrogens (tertiary/aromatic N) is 1. The summed E-state index contributed by atoms with van der Waals surface area (Å²) in [6.45, 7) is 4.66. The first kappa shape index (κ1) is 78.2. The van der Waals surface area contributed by atoms with Crippen LogP contribution in [0.15, 0.2) is 97.2 Å². The van der Waals surface area contributed by atoms with E-state index >= 15 is 0 Å². The van der Waals surface area contributed by atoms with Crippen molar-refractivity contribution in [3.63, 3.8) is 0 Å². The summed E-state index contributed by atoms with van der Waals surface area (Å²) in [5.41, 5.74) is 0. The Bertz CT molecular complexity index is 1670. The fourth-order valence-corrected chi connectivity index (χ4v) is 9.44. The van der Waals surface area contributed by atoms with Crippen LogP contribution in [-0.2, 0) is 33.3 Å². The van der Waals surface area contributed by atoms with Crippen LogP contribution < -0.4 is 5.11 Å². The number of hydrogen-bond acceptors (Lipinski definition) is 8. The maximum absolute atomic E-state index is 12.9. The average molecular weight is 1150 g/mol. The van der Waals surface area contributed by atoms with Crippen molar-refractivity contribution in [3.8, 4) is 0 Å². The van der Waals surface area contributed by atoms with Crippen LogP contribution in [0.25, 0.3) is 0 Å². The summed E-state index contributed by atoms with van der Waals surface area (Å²) in [4.78, 5) is 37.4. The summed E-state index contributed by atoms with van der Waals surface area (Å²) in [7, 11) is 5.93. The number of esters is 2. The Morgan fingerprint density at radius 2 is 0.695 bits per heavy atom. The van der Waals surface area contributed by atoms with E-state index in [1.165, 1.54) is 167 Å². The molecule has 2 unspecified atom stereocenters. The van der Waals surface area contributed by atoms with Crippen LogP contribution in [0.5, 0.6) is 0 Å². The second-order valence-electron chi connectivity index (χ2n) is 23.7. The highest BCUT2D eigenvalue weighted by atomic mass is 16.7. The van der Waals surface area contributed by atoms with Crippen LogP contribution >= 0.6 is 0 Å². The third kappa shape index (κ3) is 63.8. The number of likely N-dealkylation sites (N-methyl/N-ethyl adjacent to an activating group) is 1. The molecule has 0 bridgehead atoms. The number of carbonyl (C=O) groups excluding carboxylic acids is 3. The molecule has 0 fully saturated rings. The average Bonchev–Trinajstić information content (AvgIpc) is 3.45. The van der Waals surface area contributed by atoms with Crippen molar-refractivity contribution in [1.29, 1.82) is 0 Å². The van der Waals surface area contributed by atoms with Crippen LogP contribution in [-0.4, -0.2) is 82.3 Å². The van der Waals surface area contributed by atoms with Gasteiger partial charge in [0.05, 0.1) is 40.3 Å². The van der Waals surface area contributed by atoms with E-state index in [2.05, 4.69) is 111 Å². The molecule has 0 radical (unpaired) electrons. The zero-order valence-corrected chi connectivity index (χ0v) is 53.8. The van der Waals surface area contributed by atoms with Gasteiger partial charge in [0.25, 0.3) is 0 Å². The lowest BCUT2D eigenvalue weighted by Crippen LogP contribution is -2.44. The Morgan fingerprint density at radius 1 is 0.378 bits per heavy atom. The van der Waals surface area contributed by atoms with Crippen molar-refractivity contribution in [2.45, 2.75) is 302 Å². The smallest absolute Gasteiger partial charge is 0.306 e. The second-order valence-corrected chi connectivity index (χ2v) is 23.7. The maximum Gasteiger partial charge on any atom is 0.306 e. The summed E-state index contributed by atoms with van der Waals surface area (Å²) in [6, 6.07) is 0. The van der Waals surface area contributed by atoms with Crippen LogP contribution in [0.3, 0.4) is 0 Å². The van der Waals surface area contributed by atoms with E-state index in [1.54, 1.807) is 0 Å². The minimum atomic E-state index is -1.62. The molecule has 0 saturated heterocycles. The number of hydrogen-bond donors (Lipinski definition) is 0. The summed E-state index contributed by atoms with van der Waals surface area (Å²) < 4.78 is 22.8. The van der Waals surface area contributed by atoms with Crippen LogP contribution in [0.1, 0.15) is 290 Å². The molecular formula is C73H127NO8. The summed E-state index contributed by atoms with van der Waals surface area (Å²) in [5.74, 6) is -2.27. The Hall–Kier alpha value is -3.79. The molecule has 0 spiro atoms. The number of carboxylic acids is 1. The van der Waals surface area contributed by atoms with Crippen LogP contribution in [0.4, 0.5) is 0 Å². The van der Waals surface area contributed by atoms with Gasteiger partial charge in [-0.2, -0.15) is 0 Å². The van der Waals surface area contributed by atoms with E-state index in [0.717, 1.165) is 89.9 Å². The first-order chi connectivity index (χ1) is 40.1. The van der Waals surface area contributed by atoms with Gasteiger partial charge in [0.15, 0.2) is 12.4 Å². The highest BCUT2D eigenvalue weighted by molar-refractivity contribution is 5.70. The van der Waals surface area contributed by atoms with Gasteiger partial charge in [0.2, 0.25) is 0 Å². The lowest BCUT2D eigenvalue weighted by atomic mass is 10.0. The van der Waals surface area contributed by atoms with Crippen molar-refractivity contribution < 1.29 is 42.9 Å². The zero-order chi connectivity index (χ0) is 59.8. The Labute approximate surface area is 505 Å². The summed E-state index contributed by atoms with van der Waals surface area (Å²) in [6.07, 6.45) is 83.4. The molecule has 0 aromatic carbocycles. The molecule has 2 atom stereocenters. The number of carbonyl (C=O) groups is 3. The number of rotatable bonds is 62.